The lowest BCUT2D eigenvalue weighted by atomic mass is 9.67. The lowest BCUT2D eigenvalue weighted by molar-refractivity contribution is -0.126. The van der Waals surface area contributed by atoms with Gasteiger partial charge < -0.3 is 4.90 Å². The van der Waals surface area contributed by atoms with Gasteiger partial charge in [0, 0.05) is 25.2 Å². The molecular formula is C15H21NO. The second-order valence-corrected chi connectivity index (χ2v) is 5.78. The molecule has 0 bridgehead atoms. The van der Waals surface area contributed by atoms with Crippen LogP contribution in [0.5, 0.6) is 0 Å². The molecule has 1 atom stereocenters. The number of nitrogens with zero attached hydrogens (tertiary/aromatic N) is 1. The van der Waals surface area contributed by atoms with E-state index in [0.29, 0.717) is 5.78 Å². The van der Waals surface area contributed by atoms with Crippen molar-refractivity contribution in [3.05, 3.63) is 23.4 Å². The fourth-order valence-electron chi connectivity index (χ4n) is 3.41. The number of hydrogen-bond donors (Lipinski definition) is 0. The topological polar surface area (TPSA) is 20.3 Å². The van der Waals surface area contributed by atoms with E-state index in [9.17, 15) is 4.79 Å². The molecule has 2 nitrogen and oxygen atoms in total. The van der Waals surface area contributed by atoms with Crippen LogP contribution in [-0.4, -0.2) is 23.8 Å². The highest BCUT2D eigenvalue weighted by molar-refractivity contribution is 5.90. The number of likely N-dealkylation sites (tertiary alicyclic amines) is 1. The summed E-state index contributed by atoms with van der Waals surface area (Å²) in [5.41, 5.74) is 2.60. The molecule has 1 heterocycles. The Morgan fingerprint density at radius 2 is 2.00 bits per heavy atom. The van der Waals surface area contributed by atoms with Gasteiger partial charge in [-0.25, -0.2) is 0 Å². The summed E-state index contributed by atoms with van der Waals surface area (Å²) in [6, 6.07) is 0. The second-order valence-electron chi connectivity index (χ2n) is 5.78. The van der Waals surface area contributed by atoms with E-state index in [1.165, 1.54) is 37.2 Å². The number of fused-ring (bicyclic) bond motifs is 1. The zero-order chi connectivity index (χ0) is 11.9. The third-order valence-electron chi connectivity index (χ3n) is 4.70. The van der Waals surface area contributed by atoms with Gasteiger partial charge in [-0.05, 0) is 50.7 Å². The molecule has 1 fully saturated rings. The SMILES string of the molecule is CC12CCC(N3CCCC3)=CC1=CCCC2=O. The third-order valence-corrected chi connectivity index (χ3v) is 4.70. The van der Waals surface area contributed by atoms with Gasteiger partial charge >= 0.3 is 0 Å². The number of hydrogen-bond acceptors (Lipinski definition) is 2. The Morgan fingerprint density at radius 1 is 1.24 bits per heavy atom. The maximum atomic E-state index is 12.1. The molecule has 0 N–H and O–H groups in total. The minimum Gasteiger partial charge on any atom is -0.375 e. The number of rotatable bonds is 1. The molecule has 0 amide bonds. The predicted molar refractivity (Wildman–Crippen MR) is 68.6 cm³/mol. The van der Waals surface area contributed by atoms with Gasteiger partial charge in [-0.2, -0.15) is 0 Å². The van der Waals surface area contributed by atoms with Gasteiger partial charge in [0.05, 0.1) is 5.41 Å². The monoisotopic (exact) mass is 231 g/mol. The first-order valence-corrected chi connectivity index (χ1v) is 6.90. The lowest BCUT2D eigenvalue weighted by Crippen LogP contribution is -2.36. The van der Waals surface area contributed by atoms with Crippen molar-refractivity contribution in [2.24, 2.45) is 5.41 Å². The molecule has 1 unspecified atom stereocenters. The molecule has 3 aliphatic rings. The number of Topliss-reactive ketones (excluding diaryl/α,β-unsaturated/α-hetero) is 1. The highest BCUT2D eigenvalue weighted by atomic mass is 16.1. The summed E-state index contributed by atoms with van der Waals surface area (Å²) in [5.74, 6) is 0.451. The fraction of sp³-hybridized carbons (Fsp3) is 0.667. The van der Waals surface area contributed by atoms with E-state index in [0.717, 1.165) is 25.7 Å². The predicted octanol–water partition coefficient (Wildman–Crippen LogP) is 3.06. The van der Waals surface area contributed by atoms with Crippen LogP contribution in [0, 0.1) is 5.41 Å². The van der Waals surface area contributed by atoms with Crippen molar-refractivity contribution in [3.8, 4) is 0 Å². The molecule has 2 aliphatic carbocycles. The average molecular weight is 231 g/mol. The van der Waals surface area contributed by atoms with E-state index < -0.39 is 0 Å². The zero-order valence-corrected chi connectivity index (χ0v) is 10.7. The van der Waals surface area contributed by atoms with E-state index in [4.69, 9.17) is 0 Å². The summed E-state index contributed by atoms with van der Waals surface area (Å²) in [6.45, 7) is 4.56. The quantitative estimate of drug-likeness (QED) is 0.691. The highest BCUT2D eigenvalue weighted by Gasteiger charge is 2.40. The molecule has 0 saturated carbocycles. The largest absolute Gasteiger partial charge is 0.375 e. The summed E-state index contributed by atoms with van der Waals surface area (Å²) >= 11 is 0. The Morgan fingerprint density at radius 3 is 2.76 bits per heavy atom. The van der Waals surface area contributed by atoms with Gasteiger partial charge in [0.1, 0.15) is 5.78 Å². The van der Waals surface area contributed by atoms with Crippen molar-refractivity contribution in [1.82, 2.24) is 4.90 Å². The molecule has 0 radical (unpaired) electrons. The molecule has 0 aromatic rings. The van der Waals surface area contributed by atoms with E-state index >= 15 is 0 Å². The Labute approximate surface area is 103 Å². The first-order valence-electron chi connectivity index (χ1n) is 6.90. The van der Waals surface area contributed by atoms with Crippen LogP contribution in [0.3, 0.4) is 0 Å². The molecule has 1 saturated heterocycles. The summed E-state index contributed by atoms with van der Waals surface area (Å²) in [4.78, 5) is 14.6. The molecule has 1 aliphatic heterocycles. The number of carbonyl (C=O) groups excluding carboxylic acids is 1. The summed E-state index contributed by atoms with van der Waals surface area (Å²) in [7, 11) is 0. The number of allylic oxidation sites excluding steroid dienone is 4. The van der Waals surface area contributed by atoms with Gasteiger partial charge in [0.2, 0.25) is 0 Å². The van der Waals surface area contributed by atoms with E-state index in [2.05, 4.69) is 24.0 Å². The van der Waals surface area contributed by atoms with Crippen LogP contribution in [0.1, 0.15) is 45.4 Å². The third kappa shape index (κ3) is 1.74. The van der Waals surface area contributed by atoms with Crippen molar-refractivity contribution in [2.45, 2.75) is 45.4 Å². The van der Waals surface area contributed by atoms with Crippen LogP contribution in [0.2, 0.25) is 0 Å². The van der Waals surface area contributed by atoms with Gasteiger partial charge in [-0.3, -0.25) is 4.79 Å². The van der Waals surface area contributed by atoms with Crippen LogP contribution in [-0.2, 0) is 4.79 Å². The van der Waals surface area contributed by atoms with E-state index in [1.807, 2.05) is 0 Å². The van der Waals surface area contributed by atoms with Gasteiger partial charge in [-0.15, -0.1) is 0 Å². The molecule has 0 spiro atoms. The van der Waals surface area contributed by atoms with Crippen LogP contribution >= 0.6 is 0 Å². The first-order chi connectivity index (χ1) is 8.20. The van der Waals surface area contributed by atoms with Crippen molar-refractivity contribution in [1.29, 1.82) is 0 Å². The van der Waals surface area contributed by atoms with Crippen LogP contribution in [0.4, 0.5) is 0 Å². The van der Waals surface area contributed by atoms with Gasteiger partial charge in [-0.1, -0.05) is 6.08 Å². The minimum atomic E-state index is -0.165. The summed E-state index contributed by atoms with van der Waals surface area (Å²) < 4.78 is 0. The molecule has 0 aromatic carbocycles. The Balaban J connectivity index is 1.90. The molecule has 92 valence electrons. The summed E-state index contributed by atoms with van der Waals surface area (Å²) in [6.07, 6.45) is 11.0. The highest BCUT2D eigenvalue weighted by Crippen LogP contribution is 2.44. The normalized spacial score (nSPS) is 33.2. The van der Waals surface area contributed by atoms with Crippen LogP contribution in [0.25, 0.3) is 0 Å². The van der Waals surface area contributed by atoms with Crippen molar-refractivity contribution in [3.63, 3.8) is 0 Å². The first kappa shape index (κ1) is 11.1. The van der Waals surface area contributed by atoms with Crippen molar-refractivity contribution in [2.75, 3.05) is 13.1 Å². The number of ketones is 1. The average Bonchev–Trinajstić information content (AvgIpc) is 2.84. The van der Waals surface area contributed by atoms with Crippen LogP contribution < -0.4 is 0 Å². The second kappa shape index (κ2) is 4.01. The summed E-state index contributed by atoms with van der Waals surface area (Å²) in [5, 5.41) is 0. The molecule has 0 aromatic heterocycles. The smallest absolute Gasteiger partial charge is 0.143 e. The zero-order valence-electron chi connectivity index (χ0n) is 10.7. The molecule has 17 heavy (non-hydrogen) atoms. The Bertz CT molecular complexity index is 401. The fourth-order valence-corrected chi connectivity index (χ4v) is 3.41. The van der Waals surface area contributed by atoms with Crippen LogP contribution in [0.15, 0.2) is 23.4 Å². The maximum Gasteiger partial charge on any atom is 0.143 e. The standard InChI is InChI=1S/C15H21NO/c1-15-8-7-13(16-9-2-3-10-16)11-12(15)5-4-6-14(15)17/h5,11H,2-4,6-10H2,1H3. The van der Waals surface area contributed by atoms with Crippen molar-refractivity contribution < 1.29 is 4.79 Å². The maximum absolute atomic E-state index is 12.1. The minimum absolute atomic E-state index is 0.165. The molecule has 2 heteroatoms. The number of carbonyl (C=O) groups is 1. The Hall–Kier alpha value is -1.05. The van der Waals surface area contributed by atoms with Gasteiger partial charge in [0.15, 0.2) is 0 Å². The van der Waals surface area contributed by atoms with Gasteiger partial charge in [0.25, 0.3) is 0 Å². The van der Waals surface area contributed by atoms with Crippen molar-refractivity contribution >= 4 is 5.78 Å². The molecular weight excluding hydrogens is 210 g/mol. The lowest BCUT2D eigenvalue weighted by Gasteiger charge is -2.38. The van der Waals surface area contributed by atoms with E-state index in [-0.39, 0.29) is 5.41 Å². The molecule has 3 rings (SSSR count). The Kier molecular flexibility index (Phi) is 2.61. The van der Waals surface area contributed by atoms with E-state index in [1.54, 1.807) is 0 Å².